The summed E-state index contributed by atoms with van der Waals surface area (Å²) in [6.07, 6.45) is 7.07. The highest BCUT2D eigenvalue weighted by Gasteiger charge is 2.38. The minimum absolute atomic E-state index is 0.448. The molecule has 0 aromatic carbocycles. The van der Waals surface area contributed by atoms with Gasteiger partial charge in [0, 0.05) is 0 Å². The predicted octanol–water partition coefficient (Wildman–Crippen LogP) is 4.27. The molecule has 0 aromatic heterocycles. The second kappa shape index (κ2) is 8.08. The highest BCUT2D eigenvalue weighted by molar-refractivity contribution is 6.74. The van der Waals surface area contributed by atoms with Crippen molar-refractivity contribution in [2.24, 2.45) is 5.41 Å². The van der Waals surface area contributed by atoms with Crippen molar-refractivity contribution in [3.05, 3.63) is 0 Å². The quantitative estimate of drug-likeness (QED) is 0.355. The SMILES string of the molecule is CCCCCCCCC(C)(C(=O)Cl)C(=O)Cl. The number of hydrogen-bond acceptors (Lipinski definition) is 2. The summed E-state index contributed by atoms with van der Waals surface area (Å²) in [5.74, 6) is 0. The van der Waals surface area contributed by atoms with Gasteiger partial charge < -0.3 is 0 Å². The average molecular weight is 267 g/mol. The first-order chi connectivity index (χ1) is 7.45. The van der Waals surface area contributed by atoms with Crippen molar-refractivity contribution in [3.63, 3.8) is 0 Å². The van der Waals surface area contributed by atoms with Crippen LogP contribution in [-0.2, 0) is 9.59 Å². The lowest BCUT2D eigenvalue weighted by Crippen LogP contribution is -2.30. The lowest BCUT2D eigenvalue weighted by molar-refractivity contribution is -0.130. The Kier molecular flexibility index (Phi) is 8.04. The Morgan fingerprint density at radius 2 is 1.38 bits per heavy atom. The first-order valence-corrected chi connectivity index (χ1v) is 6.60. The molecule has 0 aliphatic rings. The summed E-state index contributed by atoms with van der Waals surface area (Å²) < 4.78 is 0. The zero-order valence-corrected chi connectivity index (χ0v) is 11.5. The summed E-state index contributed by atoms with van der Waals surface area (Å²) >= 11 is 10.8. The van der Waals surface area contributed by atoms with Crippen molar-refractivity contribution in [3.8, 4) is 0 Å². The van der Waals surface area contributed by atoms with Crippen LogP contribution in [0.5, 0.6) is 0 Å². The van der Waals surface area contributed by atoms with E-state index in [2.05, 4.69) is 6.92 Å². The van der Waals surface area contributed by atoms with E-state index in [9.17, 15) is 9.59 Å². The molecule has 0 fully saturated rings. The first-order valence-electron chi connectivity index (χ1n) is 5.85. The molecule has 2 nitrogen and oxygen atoms in total. The molecule has 0 atom stereocenters. The van der Waals surface area contributed by atoms with Gasteiger partial charge in [-0.1, -0.05) is 45.4 Å². The standard InChI is InChI=1S/C12H20Cl2O2/c1-3-4-5-6-7-8-9-12(2,10(13)15)11(14)16/h3-9H2,1-2H3. The van der Waals surface area contributed by atoms with Gasteiger partial charge in [-0.2, -0.15) is 0 Å². The second-order valence-corrected chi connectivity index (χ2v) is 5.08. The topological polar surface area (TPSA) is 34.1 Å². The maximum Gasteiger partial charge on any atom is 0.236 e. The van der Waals surface area contributed by atoms with Crippen molar-refractivity contribution >= 4 is 33.7 Å². The van der Waals surface area contributed by atoms with Crippen LogP contribution in [0.4, 0.5) is 0 Å². The van der Waals surface area contributed by atoms with Crippen LogP contribution < -0.4 is 0 Å². The van der Waals surface area contributed by atoms with Gasteiger partial charge in [0.1, 0.15) is 5.41 Å². The molecule has 0 bridgehead atoms. The molecule has 0 N–H and O–H groups in total. The van der Waals surface area contributed by atoms with Crippen LogP contribution in [0.15, 0.2) is 0 Å². The lowest BCUT2D eigenvalue weighted by Gasteiger charge is -2.19. The lowest BCUT2D eigenvalue weighted by atomic mass is 9.87. The van der Waals surface area contributed by atoms with Gasteiger partial charge in [0.25, 0.3) is 0 Å². The molecule has 0 heterocycles. The largest absolute Gasteiger partial charge is 0.280 e. The van der Waals surface area contributed by atoms with Crippen molar-refractivity contribution in [1.82, 2.24) is 0 Å². The summed E-state index contributed by atoms with van der Waals surface area (Å²) in [6.45, 7) is 3.68. The molecule has 0 aliphatic heterocycles. The summed E-state index contributed by atoms with van der Waals surface area (Å²) in [5.41, 5.74) is -1.20. The van der Waals surface area contributed by atoms with Crippen molar-refractivity contribution in [2.45, 2.75) is 58.8 Å². The molecule has 0 saturated carbocycles. The van der Waals surface area contributed by atoms with Crippen molar-refractivity contribution < 1.29 is 9.59 Å². The first kappa shape index (κ1) is 15.9. The van der Waals surface area contributed by atoms with E-state index in [0.29, 0.717) is 6.42 Å². The van der Waals surface area contributed by atoms with Crippen LogP contribution in [0.1, 0.15) is 58.8 Å². The van der Waals surface area contributed by atoms with E-state index in [1.54, 1.807) is 0 Å². The highest BCUT2D eigenvalue weighted by Crippen LogP contribution is 2.30. The van der Waals surface area contributed by atoms with Gasteiger partial charge in [0.15, 0.2) is 0 Å². The van der Waals surface area contributed by atoms with E-state index in [-0.39, 0.29) is 0 Å². The fourth-order valence-corrected chi connectivity index (χ4v) is 1.94. The van der Waals surface area contributed by atoms with Crippen LogP contribution >= 0.6 is 23.2 Å². The zero-order valence-electron chi connectivity index (χ0n) is 10.0. The molecule has 0 aromatic rings. The average Bonchev–Trinajstić information content (AvgIpc) is 2.22. The molecule has 0 spiro atoms. The Hall–Kier alpha value is -0.0800. The number of hydrogen-bond donors (Lipinski definition) is 0. The third-order valence-electron chi connectivity index (χ3n) is 2.90. The van der Waals surface area contributed by atoms with Gasteiger partial charge in [-0.15, -0.1) is 0 Å². The maximum atomic E-state index is 11.1. The molecule has 0 amide bonds. The van der Waals surface area contributed by atoms with E-state index in [1.165, 1.54) is 26.2 Å². The Morgan fingerprint density at radius 1 is 0.938 bits per heavy atom. The predicted molar refractivity (Wildman–Crippen MR) is 67.8 cm³/mol. The number of unbranched alkanes of at least 4 members (excludes halogenated alkanes) is 5. The molecule has 0 aliphatic carbocycles. The van der Waals surface area contributed by atoms with E-state index in [1.807, 2.05) is 0 Å². The Balaban J connectivity index is 3.88. The summed E-state index contributed by atoms with van der Waals surface area (Å²) in [7, 11) is 0. The third-order valence-corrected chi connectivity index (χ3v) is 3.73. The van der Waals surface area contributed by atoms with Gasteiger partial charge in [-0.25, -0.2) is 0 Å². The van der Waals surface area contributed by atoms with Crippen LogP contribution in [-0.4, -0.2) is 10.5 Å². The molecule has 0 rings (SSSR count). The molecular formula is C12H20Cl2O2. The van der Waals surface area contributed by atoms with E-state index in [0.717, 1.165) is 19.3 Å². The fraction of sp³-hybridized carbons (Fsp3) is 0.833. The summed E-state index contributed by atoms with van der Waals surface area (Å²) in [6, 6.07) is 0. The van der Waals surface area contributed by atoms with Crippen LogP contribution in [0.25, 0.3) is 0 Å². The third kappa shape index (κ3) is 5.31. The molecule has 4 heteroatoms. The smallest absolute Gasteiger partial charge is 0.236 e. The number of carbonyl (C=O) groups is 2. The van der Waals surface area contributed by atoms with Gasteiger partial charge in [0.2, 0.25) is 10.5 Å². The van der Waals surface area contributed by atoms with Gasteiger partial charge in [-0.3, -0.25) is 9.59 Å². The second-order valence-electron chi connectivity index (χ2n) is 4.40. The molecule has 0 unspecified atom stereocenters. The molecule has 0 radical (unpaired) electrons. The number of halogens is 2. The highest BCUT2D eigenvalue weighted by atomic mass is 35.5. The zero-order chi connectivity index (χ0) is 12.6. The van der Waals surface area contributed by atoms with Gasteiger partial charge in [0.05, 0.1) is 0 Å². The molecule has 94 valence electrons. The van der Waals surface area contributed by atoms with Crippen molar-refractivity contribution in [2.75, 3.05) is 0 Å². The summed E-state index contributed by atoms with van der Waals surface area (Å²) in [5, 5.41) is -1.30. The minimum atomic E-state index is -1.20. The molecular weight excluding hydrogens is 247 g/mol. The minimum Gasteiger partial charge on any atom is -0.280 e. The van der Waals surface area contributed by atoms with Crippen LogP contribution in [0.3, 0.4) is 0 Å². The molecule has 0 saturated heterocycles. The van der Waals surface area contributed by atoms with E-state index in [4.69, 9.17) is 23.2 Å². The monoisotopic (exact) mass is 266 g/mol. The fourth-order valence-electron chi connectivity index (χ4n) is 1.53. The van der Waals surface area contributed by atoms with E-state index < -0.39 is 15.9 Å². The Morgan fingerprint density at radius 3 is 1.81 bits per heavy atom. The number of rotatable bonds is 9. The van der Waals surface area contributed by atoms with Crippen molar-refractivity contribution in [1.29, 1.82) is 0 Å². The van der Waals surface area contributed by atoms with Gasteiger partial charge >= 0.3 is 0 Å². The number of carbonyl (C=O) groups excluding carboxylic acids is 2. The maximum absolute atomic E-state index is 11.1. The normalized spacial score (nSPS) is 11.5. The summed E-state index contributed by atoms with van der Waals surface area (Å²) in [4.78, 5) is 22.3. The van der Waals surface area contributed by atoms with Gasteiger partial charge in [-0.05, 0) is 36.5 Å². The van der Waals surface area contributed by atoms with Crippen LogP contribution in [0.2, 0.25) is 0 Å². The van der Waals surface area contributed by atoms with Crippen LogP contribution in [0, 0.1) is 5.41 Å². The Bertz CT molecular complexity index is 225. The van der Waals surface area contributed by atoms with E-state index >= 15 is 0 Å². The molecule has 16 heavy (non-hydrogen) atoms. The Labute approximate surface area is 108 Å².